The lowest BCUT2D eigenvalue weighted by molar-refractivity contribution is 0.0591. The van der Waals surface area contributed by atoms with Gasteiger partial charge in [-0.15, -0.1) is 0 Å². The van der Waals surface area contributed by atoms with E-state index in [1.165, 1.54) is 16.4 Å². The Bertz CT molecular complexity index is 1040. The molecule has 3 rings (SSSR count). The molecule has 0 radical (unpaired) electrons. The Balaban J connectivity index is 1.78. The quantitative estimate of drug-likeness (QED) is 0.789. The number of aryl methyl sites for hydroxylation is 2. The van der Waals surface area contributed by atoms with E-state index in [-0.39, 0.29) is 29.9 Å². The molecule has 2 heterocycles. The molecule has 1 aromatic carbocycles. The van der Waals surface area contributed by atoms with Gasteiger partial charge in [-0.05, 0) is 56.7 Å². The summed E-state index contributed by atoms with van der Waals surface area (Å²) in [5, 5.41) is 8.98. The molecule has 1 aromatic heterocycles. The number of nitrogens with zero attached hydrogens (tertiary/aromatic N) is 4. The van der Waals surface area contributed by atoms with Gasteiger partial charge in [-0.25, -0.2) is 8.42 Å². The van der Waals surface area contributed by atoms with E-state index in [4.69, 9.17) is 5.26 Å². The van der Waals surface area contributed by atoms with Crippen LogP contribution in [0, 0.1) is 25.2 Å². The second-order valence-corrected chi connectivity index (χ2v) is 8.90. The highest BCUT2D eigenvalue weighted by Crippen LogP contribution is 2.24. The lowest BCUT2D eigenvalue weighted by Gasteiger charge is -2.39. The summed E-state index contributed by atoms with van der Waals surface area (Å²) >= 11 is 0. The third-order valence-corrected chi connectivity index (χ3v) is 6.96. The maximum Gasteiger partial charge on any atom is 0.255 e. The van der Waals surface area contributed by atoms with Crippen LogP contribution in [0.15, 0.2) is 41.4 Å². The Hall–Kier alpha value is -2.76. The van der Waals surface area contributed by atoms with Crippen LogP contribution in [-0.4, -0.2) is 54.2 Å². The van der Waals surface area contributed by atoms with Crippen LogP contribution in [0.4, 0.5) is 0 Å². The zero-order valence-electron chi connectivity index (χ0n) is 16.1. The molecule has 2 aromatic rings. The summed E-state index contributed by atoms with van der Waals surface area (Å²) in [5.74, 6) is -0.147. The predicted molar refractivity (Wildman–Crippen MR) is 104 cm³/mol. The van der Waals surface area contributed by atoms with Crippen LogP contribution in [0.5, 0.6) is 0 Å². The summed E-state index contributed by atoms with van der Waals surface area (Å²) in [6.07, 6.45) is 1.55. The van der Waals surface area contributed by atoms with Gasteiger partial charge in [0.1, 0.15) is 0 Å². The van der Waals surface area contributed by atoms with E-state index in [1.54, 1.807) is 36.2 Å². The normalized spacial score (nSPS) is 17.9. The van der Waals surface area contributed by atoms with Crippen LogP contribution in [0.3, 0.4) is 0 Å². The molecule has 7 nitrogen and oxygen atoms in total. The van der Waals surface area contributed by atoms with Gasteiger partial charge in [0.2, 0.25) is 10.0 Å². The molecule has 8 heteroatoms. The summed E-state index contributed by atoms with van der Waals surface area (Å²) in [5.41, 5.74) is 2.29. The number of carbonyl (C=O) groups is 1. The fourth-order valence-electron chi connectivity index (χ4n) is 3.35. The Kier molecular flexibility index (Phi) is 5.49. The van der Waals surface area contributed by atoms with Crippen LogP contribution in [0.25, 0.3) is 0 Å². The van der Waals surface area contributed by atoms with Gasteiger partial charge in [-0.2, -0.15) is 9.57 Å². The molecule has 1 atom stereocenters. The number of carbonyl (C=O) groups excluding carboxylic acids is 1. The van der Waals surface area contributed by atoms with Crippen molar-refractivity contribution >= 4 is 15.9 Å². The number of hydrogen-bond donors (Lipinski definition) is 0. The molecule has 1 aliphatic rings. The predicted octanol–water partition coefficient (Wildman–Crippen LogP) is 2.11. The number of piperazine rings is 1. The Morgan fingerprint density at radius 1 is 1.21 bits per heavy atom. The van der Waals surface area contributed by atoms with E-state index in [9.17, 15) is 13.2 Å². The first kappa shape index (κ1) is 20.0. The Morgan fingerprint density at radius 3 is 2.54 bits per heavy atom. The van der Waals surface area contributed by atoms with Crippen molar-refractivity contribution in [3.8, 4) is 6.07 Å². The van der Waals surface area contributed by atoms with Crippen molar-refractivity contribution in [1.82, 2.24) is 14.2 Å². The van der Waals surface area contributed by atoms with Crippen molar-refractivity contribution in [1.29, 1.82) is 5.26 Å². The highest BCUT2D eigenvalue weighted by molar-refractivity contribution is 7.89. The van der Waals surface area contributed by atoms with Gasteiger partial charge in [0.05, 0.1) is 22.1 Å². The summed E-state index contributed by atoms with van der Waals surface area (Å²) in [4.78, 5) is 18.8. The molecule has 28 heavy (non-hydrogen) atoms. The molecule has 1 amide bonds. The number of nitriles is 1. The first-order valence-corrected chi connectivity index (χ1v) is 10.4. The third kappa shape index (κ3) is 3.77. The van der Waals surface area contributed by atoms with Crippen molar-refractivity contribution in [3.05, 3.63) is 58.9 Å². The van der Waals surface area contributed by atoms with Gasteiger partial charge in [-0.1, -0.05) is 0 Å². The van der Waals surface area contributed by atoms with Gasteiger partial charge in [-0.3, -0.25) is 9.78 Å². The first-order valence-electron chi connectivity index (χ1n) is 8.98. The summed E-state index contributed by atoms with van der Waals surface area (Å²) in [7, 11) is -3.70. The number of hydrogen-bond acceptors (Lipinski definition) is 5. The van der Waals surface area contributed by atoms with Crippen molar-refractivity contribution in [3.63, 3.8) is 0 Å². The van der Waals surface area contributed by atoms with Crippen LogP contribution in [0.2, 0.25) is 0 Å². The van der Waals surface area contributed by atoms with E-state index in [1.807, 2.05) is 19.9 Å². The molecule has 146 valence electrons. The summed E-state index contributed by atoms with van der Waals surface area (Å²) in [6.45, 7) is 6.12. The van der Waals surface area contributed by atoms with Gasteiger partial charge < -0.3 is 4.90 Å². The van der Waals surface area contributed by atoms with E-state index in [0.29, 0.717) is 23.2 Å². The van der Waals surface area contributed by atoms with E-state index < -0.39 is 10.0 Å². The summed E-state index contributed by atoms with van der Waals surface area (Å²) < 4.78 is 27.5. The number of benzene rings is 1. The monoisotopic (exact) mass is 398 g/mol. The lowest BCUT2D eigenvalue weighted by atomic mass is 10.1. The smallest absolute Gasteiger partial charge is 0.255 e. The molecule has 0 bridgehead atoms. The SMILES string of the molecule is Cc1ccc(C(=O)N2CCN(S(=O)(=O)c3ccc(C#N)cc3C)CC2C)cn1. The zero-order valence-corrected chi connectivity index (χ0v) is 16.9. The van der Waals surface area contributed by atoms with E-state index >= 15 is 0 Å². The lowest BCUT2D eigenvalue weighted by Crippen LogP contribution is -2.55. The molecule has 0 spiro atoms. The minimum Gasteiger partial charge on any atom is -0.333 e. The highest BCUT2D eigenvalue weighted by Gasteiger charge is 2.35. The molecule has 1 unspecified atom stereocenters. The average Bonchev–Trinajstić information content (AvgIpc) is 2.67. The molecule has 1 fully saturated rings. The average molecular weight is 398 g/mol. The largest absolute Gasteiger partial charge is 0.333 e. The topological polar surface area (TPSA) is 94.4 Å². The minimum atomic E-state index is -3.70. The molecular formula is C20H22N4O3S. The van der Waals surface area contributed by atoms with Crippen LogP contribution in [0.1, 0.15) is 34.1 Å². The van der Waals surface area contributed by atoms with Crippen LogP contribution in [-0.2, 0) is 10.0 Å². The molecule has 0 aliphatic carbocycles. The van der Waals surface area contributed by atoms with Gasteiger partial charge in [0.25, 0.3) is 5.91 Å². The highest BCUT2D eigenvalue weighted by atomic mass is 32.2. The second kappa shape index (κ2) is 7.70. The zero-order chi connectivity index (χ0) is 20.5. The number of aromatic nitrogens is 1. The van der Waals surface area contributed by atoms with Crippen molar-refractivity contribution < 1.29 is 13.2 Å². The second-order valence-electron chi connectivity index (χ2n) is 6.99. The van der Waals surface area contributed by atoms with Crippen molar-refractivity contribution in [2.75, 3.05) is 19.6 Å². The van der Waals surface area contributed by atoms with Crippen LogP contribution < -0.4 is 0 Å². The number of rotatable bonds is 3. The van der Waals surface area contributed by atoms with Crippen molar-refractivity contribution in [2.45, 2.75) is 31.7 Å². The molecule has 0 N–H and O–H groups in total. The minimum absolute atomic E-state index is 0.147. The Labute approximate surface area is 165 Å². The van der Waals surface area contributed by atoms with E-state index in [0.717, 1.165) is 5.69 Å². The maximum atomic E-state index is 13.1. The van der Waals surface area contributed by atoms with Gasteiger partial charge in [0, 0.05) is 37.6 Å². The number of pyridine rings is 1. The standard InChI is InChI=1S/C20H22N4O3S/c1-14-10-17(11-21)5-7-19(14)28(26,27)23-8-9-24(16(3)13-23)20(25)18-6-4-15(2)22-12-18/h4-7,10,12,16H,8-9,13H2,1-3H3. The summed E-state index contributed by atoms with van der Waals surface area (Å²) in [6, 6.07) is 9.82. The Morgan fingerprint density at radius 2 is 1.96 bits per heavy atom. The molecular weight excluding hydrogens is 376 g/mol. The molecule has 1 saturated heterocycles. The van der Waals surface area contributed by atoms with Crippen molar-refractivity contribution in [2.24, 2.45) is 0 Å². The first-order chi connectivity index (χ1) is 13.2. The van der Waals surface area contributed by atoms with Gasteiger partial charge in [0.15, 0.2) is 0 Å². The fourth-order valence-corrected chi connectivity index (χ4v) is 5.07. The maximum absolute atomic E-state index is 13.1. The molecule has 0 saturated carbocycles. The number of amides is 1. The molecule has 1 aliphatic heterocycles. The number of sulfonamides is 1. The third-order valence-electron chi connectivity index (χ3n) is 4.93. The fraction of sp³-hybridized carbons (Fsp3) is 0.350. The van der Waals surface area contributed by atoms with Crippen LogP contribution >= 0.6 is 0 Å². The van der Waals surface area contributed by atoms with Gasteiger partial charge >= 0.3 is 0 Å². The van der Waals surface area contributed by atoms with E-state index in [2.05, 4.69) is 4.98 Å².